The number of halogens is 3. The van der Waals surface area contributed by atoms with E-state index in [9.17, 15) is 13.6 Å². The lowest BCUT2D eigenvalue weighted by molar-refractivity contribution is -0.128. The highest BCUT2D eigenvalue weighted by molar-refractivity contribution is 6.32. The smallest absolute Gasteiger partial charge is 0.387 e. The van der Waals surface area contributed by atoms with Gasteiger partial charge in [0.15, 0.2) is 5.82 Å². The highest BCUT2D eigenvalue weighted by atomic mass is 35.5. The molecule has 1 amide bonds. The Balaban J connectivity index is 1.71. The molecule has 1 aromatic carbocycles. The number of ether oxygens (including phenoxy) is 2. The third-order valence-corrected chi connectivity index (χ3v) is 5.58. The summed E-state index contributed by atoms with van der Waals surface area (Å²) in [6.07, 6.45) is 2.46. The molecule has 7 nitrogen and oxygen atoms in total. The van der Waals surface area contributed by atoms with Gasteiger partial charge in [-0.15, -0.1) is 0 Å². The Morgan fingerprint density at radius 1 is 1.34 bits per heavy atom. The maximum atomic E-state index is 12.6. The number of benzene rings is 1. The van der Waals surface area contributed by atoms with Gasteiger partial charge in [-0.3, -0.25) is 4.79 Å². The fraction of sp³-hybridized carbons (Fsp3) is 0.526. The summed E-state index contributed by atoms with van der Waals surface area (Å²) in [5, 5.41) is 4.69. The number of nitrogens with zero attached hydrogens (tertiary/aromatic N) is 4. The topological polar surface area (TPSA) is 69.5 Å². The number of hydrogen-bond donors (Lipinski definition) is 0. The predicted octanol–water partition coefficient (Wildman–Crippen LogP) is 3.50. The van der Waals surface area contributed by atoms with Crippen molar-refractivity contribution in [2.75, 3.05) is 26.8 Å². The van der Waals surface area contributed by atoms with E-state index in [1.807, 2.05) is 0 Å². The SMILES string of the molecule is CN1CCC(c2nc(-c3ccc(OC(F)F)c(Cl)c3)nn2C2CCCOC2)C1=O. The normalized spacial score (nSPS) is 22.5. The minimum Gasteiger partial charge on any atom is -0.433 e. The fourth-order valence-corrected chi connectivity index (χ4v) is 4.00. The Labute approximate surface area is 171 Å². The van der Waals surface area contributed by atoms with E-state index in [0.29, 0.717) is 43.4 Å². The van der Waals surface area contributed by atoms with Crippen molar-refractivity contribution >= 4 is 17.5 Å². The van der Waals surface area contributed by atoms with E-state index >= 15 is 0 Å². The van der Waals surface area contributed by atoms with Crippen LogP contribution in [0.25, 0.3) is 11.4 Å². The number of aromatic nitrogens is 3. The molecule has 0 aliphatic carbocycles. The van der Waals surface area contributed by atoms with Crippen molar-refractivity contribution in [3.8, 4) is 17.1 Å². The minimum atomic E-state index is -2.96. The number of carbonyl (C=O) groups excluding carboxylic acids is 1. The number of amides is 1. The molecular formula is C19H21ClF2N4O3. The van der Waals surface area contributed by atoms with Crippen LogP contribution in [0.15, 0.2) is 18.2 Å². The maximum absolute atomic E-state index is 12.6. The van der Waals surface area contributed by atoms with E-state index in [4.69, 9.17) is 16.3 Å². The van der Waals surface area contributed by atoms with Crippen molar-refractivity contribution in [1.82, 2.24) is 19.7 Å². The second-order valence-electron chi connectivity index (χ2n) is 7.23. The highest BCUT2D eigenvalue weighted by Gasteiger charge is 2.36. The van der Waals surface area contributed by atoms with Crippen LogP contribution in [0.3, 0.4) is 0 Å². The quantitative estimate of drug-likeness (QED) is 0.732. The first-order valence-electron chi connectivity index (χ1n) is 9.48. The second-order valence-corrected chi connectivity index (χ2v) is 7.64. The van der Waals surface area contributed by atoms with Gasteiger partial charge in [0, 0.05) is 25.8 Å². The van der Waals surface area contributed by atoms with Crippen LogP contribution in [0.1, 0.15) is 37.0 Å². The van der Waals surface area contributed by atoms with Gasteiger partial charge in [0.1, 0.15) is 11.6 Å². The zero-order valence-corrected chi connectivity index (χ0v) is 16.6. The molecule has 2 atom stereocenters. The van der Waals surface area contributed by atoms with E-state index in [1.54, 1.807) is 22.7 Å². The zero-order valence-electron chi connectivity index (χ0n) is 15.9. The van der Waals surface area contributed by atoms with Gasteiger partial charge in [-0.2, -0.15) is 13.9 Å². The third kappa shape index (κ3) is 4.06. The van der Waals surface area contributed by atoms with Crippen LogP contribution < -0.4 is 4.74 Å². The van der Waals surface area contributed by atoms with Crippen LogP contribution >= 0.6 is 11.6 Å². The van der Waals surface area contributed by atoms with Crippen LogP contribution in [0, 0.1) is 0 Å². The van der Waals surface area contributed by atoms with Gasteiger partial charge < -0.3 is 14.4 Å². The van der Waals surface area contributed by atoms with Gasteiger partial charge in [-0.1, -0.05) is 11.6 Å². The van der Waals surface area contributed by atoms with Crippen LogP contribution in [0.4, 0.5) is 8.78 Å². The molecule has 29 heavy (non-hydrogen) atoms. The molecule has 10 heteroatoms. The average molecular weight is 427 g/mol. The van der Waals surface area contributed by atoms with E-state index in [0.717, 1.165) is 12.8 Å². The molecule has 0 bridgehead atoms. The molecule has 2 saturated heterocycles. The van der Waals surface area contributed by atoms with Gasteiger partial charge in [0.05, 0.1) is 23.6 Å². The Kier molecular flexibility index (Phi) is 5.69. The van der Waals surface area contributed by atoms with Crippen molar-refractivity contribution < 1.29 is 23.0 Å². The van der Waals surface area contributed by atoms with Gasteiger partial charge in [-0.05, 0) is 37.5 Å². The molecule has 4 rings (SSSR count). The molecule has 2 aliphatic heterocycles. The van der Waals surface area contributed by atoms with Crippen molar-refractivity contribution in [2.45, 2.75) is 37.8 Å². The summed E-state index contributed by atoms with van der Waals surface area (Å²) in [4.78, 5) is 18.9. The Morgan fingerprint density at radius 3 is 2.79 bits per heavy atom. The molecule has 156 valence electrons. The van der Waals surface area contributed by atoms with Crippen molar-refractivity contribution in [1.29, 1.82) is 0 Å². The Bertz CT molecular complexity index is 902. The van der Waals surface area contributed by atoms with Gasteiger partial charge in [0.25, 0.3) is 0 Å². The Morgan fingerprint density at radius 2 is 2.17 bits per heavy atom. The van der Waals surface area contributed by atoms with Crippen molar-refractivity contribution in [2.24, 2.45) is 0 Å². The zero-order chi connectivity index (χ0) is 20.5. The Hall–Kier alpha value is -2.26. The number of hydrogen-bond acceptors (Lipinski definition) is 5. The molecule has 2 aliphatic rings. The molecule has 0 radical (unpaired) electrons. The molecule has 3 heterocycles. The van der Waals surface area contributed by atoms with E-state index in [-0.39, 0.29) is 28.6 Å². The maximum Gasteiger partial charge on any atom is 0.387 e. The molecule has 0 N–H and O–H groups in total. The largest absolute Gasteiger partial charge is 0.433 e. The monoisotopic (exact) mass is 426 g/mol. The average Bonchev–Trinajstić information content (AvgIpc) is 3.28. The lowest BCUT2D eigenvalue weighted by Crippen LogP contribution is -2.27. The lowest BCUT2D eigenvalue weighted by Gasteiger charge is -2.24. The summed E-state index contributed by atoms with van der Waals surface area (Å²) in [7, 11) is 1.77. The molecule has 1 aromatic heterocycles. The first-order chi connectivity index (χ1) is 13.9. The summed E-state index contributed by atoms with van der Waals surface area (Å²) in [5.74, 6) is 0.534. The van der Waals surface area contributed by atoms with Crippen LogP contribution in [0.5, 0.6) is 5.75 Å². The summed E-state index contributed by atoms with van der Waals surface area (Å²) < 4.78 is 36.7. The molecule has 0 spiro atoms. The fourth-order valence-electron chi connectivity index (χ4n) is 3.77. The van der Waals surface area contributed by atoms with Crippen LogP contribution in [0.2, 0.25) is 5.02 Å². The lowest BCUT2D eigenvalue weighted by atomic mass is 10.1. The number of carbonyl (C=O) groups is 1. The van der Waals surface area contributed by atoms with Crippen molar-refractivity contribution in [3.63, 3.8) is 0 Å². The molecule has 2 fully saturated rings. The third-order valence-electron chi connectivity index (χ3n) is 5.29. The van der Waals surface area contributed by atoms with E-state index < -0.39 is 6.61 Å². The summed E-state index contributed by atoms with van der Waals surface area (Å²) in [5.41, 5.74) is 0.562. The summed E-state index contributed by atoms with van der Waals surface area (Å²) in [6, 6.07) is 4.42. The highest BCUT2D eigenvalue weighted by Crippen LogP contribution is 2.34. The van der Waals surface area contributed by atoms with Gasteiger partial charge in [0.2, 0.25) is 5.91 Å². The first kappa shape index (κ1) is 20.0. The van der Waals surface area contributed by atoms with Crippen LogP contribution in [-0.2, 0) is 9.53 Å². The molecular weight excluding hydrogens is 406 g/mol. The summed E-state index contributed by atoms with van der Waals surface area (Å²) in [6.45, 7) is -1.08. The number of rotatable bonds is 5. The number of likely N-dealkylation sites (N-methyl/N-ethyl adjacent to an activating group) is 1. The summed E-state index contributed by atoms with van der Waals surface area (Å²) >= 11 is 6.09. The first-order valence-corrected chi connectivity index (χ1v) is 9.85. The molecule has 2 aromatic rings. The number of alkyl halides is 2. The van der Waals surface area contributed by atoms with Gasteiger partial charge >= 0.3 is 6.61 Å². The molecule has 0 saturated carbocycles. The second kappa shape index (κ2) is 8.23. The minimum absolute atomic E-state index is 0.00406. The number of likely N-dealkylation sites (tertiary alicyclic amines) is 1. The predicted molar refractivity (Wildman–Crippen MR) is 101 cm³/mol. The van der Waals surface area contributed by atoms with E-state index in [1.165, 1.54) is 12.1 Å². The van der Waals surface area contributed by atoms with Crippen LogP contribution in [-0.4, -0.2) is 59.0 Å². The van der Waals surface area contributed by atoms with E-state index in [2.05, 4.69) is 14.8 Å². The standard InChI is InChI=1S/C19H21ClF2N4O3/c1-25-7-6-13(18(25)27)17-23-16(24-26(17)12-3-2-8-28-10-12)11-4-5-15(14(20)9-11)29-19(21)22/h4-5,9,12-13,19H,2-3,6-8,10H2,1H3. The van der Waals surface area contributed by atoms with Gasteiger partial charge in [-0.25, -0.2) is 9.67 Å². The molecule has 2 unspecified atom stereocenters. The van der Waals surface area contributed by atoms with Crippen molar-refractivity contribution in [3.05, 3.63) is 29.0 Å².